The van der Waals surface area contributed by atoms with Gasteiger partial charge in [-0.1, -0.05) is 0 Å². The molecule has 0 aromatic heterocycles. The number of thiol groups is 1. The van der Waals surface area contributed by atoms with Crippen LogP contribution in [0.15, 0.2) is 0 Å². The number of rotatable bonds is 2. The maximum absolute atomic E-state index is 10.3. The van der Waals surface area contributed by atoms with E-state index in [2.05, 4.69) is 17.4 Å². The fraction of sp³-hybridized carbons (Fsp3) is 0.750. The summed E-state index contributed by atoms with van der Waals surface area (Å²) < 4.78 is 12.5. The van der Waals surface area contributed by atoms with E-state index in [1.54, 1.807) is 0 Å². The Hall–Kier alpha value is 0.229. The summed E-state index contributed by atoms with van der Waals surface area (Å²) >= 11 is 4.68. The molecular formula is C4H9NO3STc. The Morgan fingerprint density at radius 3 is 2.30 bits per heavy atom. The first-order valence-corrected chi connectivity index (χ1v) is 3.71. The predicted octanol–water partition coefficient (Wildman–Crippen LogP) is -0.705. The van der Waals surface area contributed by atoms with Crippen LogP contribution in [0.5, 0.6) is 0 Å². The summed E-state index contributed by atoms with van der Waals surface area (Å²) in [6.45, 7) is 0. The van der Waals surface area contributed by atoms with Crippen LogP contribution in [0.4, 0.5) is 0 Å². The number of esters is 1. The zero-order chi connectivity index (χ0) is 8.57. The van der Waals surface area contributed by atoms with Crippen LogP contribution in [0.1, 0.15) is 0 Å². The van der Waals surface area contributed by atoms with Crippen molar-refractivity contribution in [2.24, 2.45) is 5.73 Å². The van der Waals surface area contributed by atoms with Gasteiger partial charge in [-0.25, -0.2) is 0 Å². The second-order valence-electron chi connectivity index (χ2n) is 1.31. The average molecular weight is 250 g/mol. The SMILES string of the molecule is COC(=O)[C@@H](N)CS.[O]=[99Tc]. The van der Waals surface area contributed by atoms with Gasteiger partial charge in [0.1, 0.15) is 6.04 Å². The van der Waals surface area contributed by atoms with E-state index in [4.69, 9.17) is 9.24 Å². The summed E-state index contributed by atoms with van der Waals surface area (Å²) in [5.41, 5.74) is 5.18. The Morgan fingerprint density at radius 2 is 2.20 bits per heavy atom. The molecular weight excluding hydrogens is 241 g/mol. The van der Waals surface area contributed by atoms with Crippen molar-refractivity contribution in [3.8, 4) is 0 Å². The first-order valence-electron chi connectivity index (χ1n) is 2.32. The maximum atomic E-state index is 10.3. The molecule has 0 unspecified atom stereocenters. The van der Waals surface area contributed by atoms with E-state index >= 15 is 0 Å². The zero-order valence-corrected chi connectivity index (χ0v) is 8.16. The molecule has 10 heavy (non-hydrogen) atoms. The van der Waals surface area contributed by atoms with Crippen LogP contribution < -0.4 is 5.73 Å². The molecule has 4 nitrogen and oxygen atoms in total. The predicted molar refractivity (Wildman–Crippen MR) is 34.5 cm³/mol. The third kappa shape index (κ3) is 6.35. The number of hydrogen-bond acceptors (Lipinski definition) is 5. The topological polar surface area (TPSA) is 69.4 Å². The second-order valence-corrected chi connectivity index (χ2v) is 1.68. The van der Waals surface area contributed by atoms with Crippen LogP contribution in [0.3, 0.4) is 0 Å². The molecule has 0 rings (SSSR count). The van der Waals surface area contributed by atoms with E-state index < -0.39 is 12.0 Å². The number of hydrogen-bond donors (Lipinski definition) is 2. The van der Waals surface area contributed by atoms with Crippen LogP contribution in [0, 0.1) is 0 Å². The Kier molecular flexibility index (Phi) is 11.9. The third-order valence-corrected chi connectivity index (χ3v) is 1.09. The van der Waals surface area contributed by atoms with Gasteiger partial charge in [0, 0.05) is 5.75 Å². The van der Waals surface area contributed by atoms with E-state index in [1.165, 1.54) is 7.11 Å². The molecule has 0 heterocycles. The Balaban J connectivity index is 0. The third-order valence-electron chi connectivity index (χ3n) is 0.701. The van der Waals surface area contributed by atoms with Crippen molar-refractivity contribution in [1.29, 1.82) is 0 Å². The molecule has 0 spiro atoms. The number of ether oxygens (including phenoxy) is 1. The molecule has 0 saturated carbocycles. The van der Waals surface area contributed by atoms with Gasteiger partial charge in [-0.15, -0.1) is 0 Å². The standard InChI is InChI=1S/C4H9NO2S.O.Tc/c1-7-4(6)3(5)2-8;;/h3,8H,2,5H2,1H3;;/t3-;;/m0../s1/i;;1+1. The van der Waals surface area contributed by atoms with Gasteiger partial charge in [-0.05, 0) is 0 Å². The van der Waals surface area contributed by atoms with Gasteiger partial charge in [-0.3, -0.25) is 4.79 Å². The van der Waals surface area contributed by atoms with Crippen molar-refractivity contribution in [2.75, 3.05) is 12.9 Å². The van der Waals surface area contributed by atoms with Gasteiger partial charge < -0.3 is 10.5 Å². The Morgan fingerprint density at radius 1 is 1.80 bits per heavy atom. The molecule has 61 valence electrons. The summed E-state index contributed by atoms with van der Waals surface area (Å²) in [5, 5.41) is 0. The van der Waals surface area contributed by atoms with Crippen molar-refractivity contribution in [3.63, 3.8) is 0 Å². The van der Waals surface area contributed by atoms with Crippen LogP contribution in [-0.2, 0) is 31.9 Å². The van der Waals surface area contributed by atoms with Gasteiger partial charge in [0.05, 0.1) is 7.11 Å². The van der Waals surface area contributed by atoms with Gasteiger partial charge >= 0.3 is 28.3 Å². The minimum atomic E-state index is -0.580. The van der Waals surface area contributed by atoms with Crippen LogP contribution in [0.2, 0.25) is 0 Å². The summed E-state index contributed by atoms with van der Waals surface area (Å²) in [4.78, 5) is 10.3. The molecule has 0 aromatic carbocycles. The van der Waals surface area contributed by atoms with Gasteiger partial charge in [0.25, 0.3) is 0 Å². The van der Waals surface area contributed by atoms with Crippen molar-refractivity contribution < 1.29 is 31.9 Å². The first-order chi connectivity index (χ1) is 4.72. The fourth-order valence-electron chi connectivity index (χ4n) is 0.226. The summed E-state index contributed by atoms with van der Waals surface area (Å²) in [6.07, 6.45) is 0. The van der Waals surface area contributed by atoms with Crippen LogP contribution in [-0.4, -0.2) is 24.9 Å². The van der Waals surface area contributed by atoms with Crippen molar-refractivity contribution >= 4 is 18.6 Å². The minimum absolute atomic E-state index is 0.326. The monoisotopic (exact) mass is 250 g/mol. The number of carbonyl (C=O) groups excluding carboxylic acids is 1. The number of nitrogens with two attached hydrogens (primary N) is 1. The Bertz CT molecular complexity index is 103. The molecule has 0 fully saturated rings. The molecule has 0 saturated heterocycles. The van der Waals surface area contributed by atoms with E-state index in [1.807, 2.05) is 0 Å². The zero-order valence-electron chi connectivity index (χ0n) is 5.41. The van der Waals surface area contributed by atoms with E-state index in [0.717, 1.165) is 18.9 Å². The van der Waals surface area contributed by atoms with E-state index in [-0.39, 0.29) is 0 Å². The van der Waals surface area contributed by atoms with Crippen LogP contribution >= 0.6 is 12.6 Å². The molecule has 0 aliphatic rings. The molecule has 0 aliphatic carbocycles. The second kappa shape index (κ2) is 9.23. The van der Waals surface area contributed by atoms with Crippen molar-refractivity contribution in [2.45, 2.75) is 6.04 Å². The molecule has 6 heteroatoms. The first kappa shape index (κ1) is 12.9. The van der Waals surface area contributed by atoms with E-state index in [9.17, 15) is 4.79 Å². The summed E-state index contributed by atoms with van der Waals surface area (Å²) in [7, 11) is 1.30. The molecule has 0 amide bonds. The molecule has 0 bridgehead atoms. The van der Waals surface area contributed by atoms with Crippen LogP contribution in [0.25, 0.3) is 0 Å². The molecule has 0 radical (unpaired) electrons. The molecule has 0 aliphatic heterocycles. The van der Waals surface area contributed by atoms with Gasteiger partial charge in [0.2, 0.25) is 0 Å². The van der Waals surface area contributed by atoms with Crippen molar-refractivity contribution in [1.82, 2.24) is 0 Å². The normalized spacial score (nSPS) is 10.7. The summed E-state index contributed by atoms with van der Waals surface area (Å²) in [6, 6.07) is -0.580. The average Bonchev–Trinajstić information content (AvgIpc) is 2.05. The van der Waals surface area contributed by atoms with Crippen molar-refractivity contribution in [3.05, 3.63) is 0 Å². The molecule has 0 aromatic rings. The van der Waals surface area contributed by atoms with Gasteiger partial charge in [-0.2, -0.15) is 12.6 Å². The summed E-state index contributed by atoms with van der Waals surface area (Å²) in [5.74, 6) is -0.0906. The van der Waals surface area contributed by atoms with E-state index in [0.29, 0.717) is 5.75 Å². The Labute approximate surface area is 75.3 Å². The van der Waals surface area contributed by atoms with Gasteiger partial charge in [0.15, 0.2) is 0 Å². The number of carbonyl (C=O) groups is 1. The number of methoxy groups -OCH3 is 1. The molecule has 2 N–H and O–H groups in total. The fourth-order valence-corrected chi connectivity index (χ4v) is 0.375. The molecule has 1 atom stereocenters. The quantitative estimate of drug-likeness (QED) is 0.502.